The SMILES string of the molecule is COc1cc2c(cc1OC)B(c1c(C)cc(C)cc1C)c1cc(OC)c(OC)cc1S2. The van der Waals surface area contributed by atoms with Gasteiger partial charge in [0.15, 0.2) is 23.0 Å². The Morgan fingerprint density at radius 3 is 1.35 bits per heavy atom. The number of hydrogen-bond donors (Lipinski definition) is 0. The van der Waals surface area contributed by atoms with E-state index in [4.69, 9.17) is 18.9 Å². The van der Waals surface area contributed by atoms with Gasteiger partial charge in [0, 0.05) is 9.79 Å². The number of aryl methyl sites for hydroxylation is 3. The van der Waals surface area contributed by atoms with Crippen LogP contribution in [0, 0.1) is 20.8 Å². The van der Waals surface area contributed by atoms with Crippen LogP contribution < -0.4 is 35.3 Å². The Morgan fingerprint density at radius 1 is 0.581 bits per heavy atom. The predicted octanol–water partition coefficient (Wildman–Crippen LogP) is 3.63. The molecule has 0 fully saturated rings. The van der Waals surface area contributed by atoms with E-state index in [1.807, 2.05) is 0 Å². The van der Waals surface area contributed by atoms with Crippen LogP contribution in [0.4, 0.5) is 0 Å². The maximum atomic E-state index is 5.66. The second-order valence-corrected chi connectivity index (χ2v) is 8.92. The van der Waals surface area contributed by atoms with Crippen molar-refractivity contribution in [1.29, 1.82) is 0 Å². The van der Waals surface area contributed by atoms with Crippen LogP contribution in [-0.4, -0.2) is 35.2 Å². The van der Waals surface area contributed by atoms with Crippen LogP contribution >= 0.6 is 11.8 Å². The van der Waals surface area contributed by atoms with Crippen LogP contribution in [0.5, 0.6) is 23.0 Å². The molecule has 1 heterocycles. The highest BCUT2D eigenvalue weighted by Crippen LogP contribution is 2.40. The molecule has 0 aliphatic carbocycles. The molecule has 4 rings (SSSR count). The topological polar surface area (TPSA) is 36.9 Å². The van der Waals surface area contributed by atoms with Crippen LogP contribution in [-0.2, 0) is 0 Å². The first-order valence-corrected chi connectivity index (χ1v) is 11.0. The Kier molecular flexibility index (Phi) is 5.84. The van der Waals surface area contributed by atoms with Crippen molar-refractivity contribution in [3.05, 3.63) is 53.1 Å². The fourth-order valence-corrected chi connectivity index (χ4v) is 5.78. The molecule has 3 aromatic rings. The van der Waals surface area contributed by atoms with Gasteiger partial charge in [-0.05, 0) is 45.0 Å². The molecule has 0 radical (unpaired) electrons. The first kappa shape index (κ1) is 21.5. The molecule has 3 aromatic carbocycles. The Morgan fingerprint density at radius 2 is 0.968 bits per heavy atom. The second-order valence-electron chi connectivity index (χ2n) is 7.84. The molecule has 0 bridgehead atoms. The Labute approximate surface area is 188 Å². The molecule has 160 valence electrons. The molecule has 1 aliphatic heterocycles. The van der Waals surface area contributed by atoms with E-state index in [-0.39, 0.29) is 6.71 Å². The standard InChI is InChI=1S/C25H27BO4S/c1-14-8-15(2)25(16(3)9-14)26-17-10-19(27-4)21(29-6)12-23(17)31-24-13-22(30-7)20(28-5)11-18(24)26/h8-13H,1-7H3. The zero-order chi connectivity index (χ0) is 22.3. The smallest absolute Gasteiger partial charge is 0.245 e. The summed E-state index contributed by atoms with van der Waals surface area (Å²) < 4.78 is 22.5. The summed E-state index contributed by atoms with van der Waals surface area (Å²) in [5, 5.41) is 0. The van der Waals surface area contributed by atoms with Crippen molar-refractivity contribution in [3.63, 3.8) is 0 Å². The third-order valence-electron chi connectivity index (χ3n) is 5.90. The Hall–Kier alpha value is -2.73. The molecule has 0 amide bonds. The van der Waals surface area contributed by atoms with E-state index in [2.05, 4.69) is 57.2 Å². The Balaban J connectivity index is 2.05. The number of benzene rings is 3. The van der Waals surface area contributed by atoms with Gasteiger partial charge in [-0.25, -0.2) is 0 Å². The van der Waals surface area contributed by atoms with E-state index < -0.39 is 0 Å². The first-order valence-electron chi connectivity index (χ1n) is 10.2. The largest absolute Gasteiger partial charge is 0.493 e. The van der Waals surface area contributed by atoms with Gasteiger partial charge in [-0.2, -0.15) is 0 Å². The number of methoxy groups -OCH3 is 4. The average molecular weight is 434 g/mol. The summed E-state index contributed by atoms with van der Waals surface area (Å²) in [4.78, 5) is 2.31. The molecule has 4 nitrogen and oxygen atoms in total. The van der Waals surface area contributed by atoms with Crippen LogP contribution in [0.2, 0.25) is 0 Å². The van der Waals surface area contributed by atoms with Crippen molar-refractivity contribution in [1.82, 2.24) is 0 Å². The zero-order valence-electron chi connectivity index (χ0n) is 19.1. The van der Waals surface area contributed by atoms with Gasteiger partial charge in [0.05, 0.1) is 28.4 Å². The minimum atomic E-state index is 0.0477. The van der Waals surface area contributed by atoms with Crippen molar-refractivity contribution >= 4 is 34.9 Å². The van der Waals surface area contributed by atoms with E-state index in [0.29, 0.717) is 0 Å². The van der Waals surface area contributed by atoms with E-state index in [1.54, 1.807) is 40.2 Å². The minimum absolute atomic E-state index is 0.0477. The highest BCUT2D eigenvalue weighted by atomic mass is 32.2. The molecule has 0 spiro atoms. The third kappa shape index (κ3) is 3.63. The summed E-state index contributed by atoms with van der Waals surface area (Å²) >= 11 is 1.72. The highest BCUT2D eigenvalue weighted by Gasteiger charge is 2.35. The lowest BCUT2D eigenvalue weighted by molar-refractivity contribution is 0.354. The molecular formula is C25H27BO4S. The number of ether oxygens (including phenoxy) is 4. The van der Waals surface area contributed by atoms with Crippen molar-refractivity contribution in [2.75, 3.05) is 28.4 Å². The number of hydrogen-bond acceptors (Lipinski definition) is 5. The summed E-state index contributed by atoms with van der Waals surface area (Å²) in [6.07, 6.45) is 0. The summed E-state index contributed by atoms with van der Waals surface area (Å²) in [7, 11) is 6.70. The summed E-state index contributed by atoms with van der Waals surface area (Å²) in [6, 6.07) is 12.9. The molecule has 0 saturated heterocycles. The lowest BCUT2D eigenvalue weighted by Gasteiger charge is -2.30. The van der Waals surface area contributed by atoms with Crippen LogP contribution in [0.15, 0.2) is 46.2 Å². The van der Waals surface area contributed by atoms with Gasteiger partial charge in [-0.1, -0.05) is 57.0 Å². The monoisotopic (exact) mass is 434 g/mol. The summed E-state index contributed by atoms with van der Waals surface area (Å²) in [5.74, 6) is 2.93. The average Bonchev–Trinajstić information content (AvgIpc) is 2.76. The molecule has 0 N–H and O–H groups in total. The predicted molar refractivity (Wildman–Crippen MR) is 129 cm³/mol. The molecule has 6 heteroatoms. The van der Waals surface area contributed by atoms with E-state index in [9.17, 15) is 0 Å². The fourth-order valence-electron chi connectivity index (χ4n) is 4.62. The molecule has 1 aliphatic rings. The van der Waals surface area contributed by atoms with E-state index in [1.165, 1.54) is 33.1 Å². The maximum Gasteiger partial charge on any atom is 0.245 e. The maximum absolute atomic E-state index is 5.66. The highest BCUT2D eigenvalue weighted by molar-refractivity contribution is 8.00. The zero-order valence-corrected chi connectivity index (χ0v) is 19.9. The molecule has 0 aromatic heterocycles. The van der Waals surface area contributed by atoms with Gasteiger partial charge in [-0.15, -0.1) is 0 Å². The van der Waals surface area contributed by atoms with Gasteiger partial charge in [0.2, 0.25) is 6.71 Å². The van der Waals surface area contributed by atoms with Crippen molar-refractivity contribution in [2.24, 2.45) is 0 Å². The third-order valence-corrected chi connectivity index (χ3v) is 7.05. The molecular weight excluding hydrogens is 407 g/mol. The van der Waals surface area contributed by atoms with Gasteiger partial charge in [0.1, 0.15) is 0 Å². The van der Waals surface area contributed by atoms with Crippen molar-refractivity contribution in [3.8, 4) is 23.0 Å². The summed E-state index contributed by atoms with van der Waals surface area (Å²) in [6.45, 7) is 6.58. The normalized spacial score (nSPS) is 12.2. The van der Waals surface area contributed by atoms with Crippen LogP contribution in [0.3, 0.4) is 0 Å². The van der Waals surface area contributed by atoms with Crippen LogP contribution in [0.1, 0.15) is 16.7 Å². The van der Waals surface area contributed by atoms with Crippen molar-refractivity contribution in [2.45, 2.75) is 30.6 Å². The molecule has 31 heavy (non-hydrogen) atoms. The van der Waals surface area contributed by atoms with E-state index >= 15 is 0 Å². The van der Waals surface area contributed by atoms with Gasteiger partial charge in [-0.3, -0.25) is 0 Å². The fraction of sp³-hybridized carbons (Fsp3) is 0.280. The second kappa shape index (κ2) is 8.43. The van der Waals surface area contributed by atoms with Gasteiger partial charge < -0.3 is 18.9 Å². The lowest BCUT2D eigenvalue weighted by Crippen LogP contribution is -2.56. The van der Waals surface area contributed by atoms with Crippen LogP contribution in [0.25, 0.3) is 0 Å². The van der Waals surface area contributed by atoms with Crippen molar-refractivity contribution < 1.29 is 18.9 Å². The molecule has 0 saturated carbocycles. The number of rotatable bonds is 5. The van der Waals surface area contributed by atoms with Gasteiger partial charge >= 0.3 is 0 Å². The quantitative estimate of drug-likeness (QED) is 0.449. The number of fused-ring (bicyclic) bond motifs is 2. The lowest BCUT2D eigenvalue weighted by atomic mass is 9.35. The first-order chi connectivity index (χ1) is 14.9. The Bertz CT molecular complexity index is 1070. The molecule has 0 atom stereocenters. The van der Waals surface area contributed by atoms with E-state index in [0.717, 1.165) is 32.8 Å². The van der Waals surface area contributed by atoms with Gasteiger partial charge in [0.25, 0.3) is 0 Å². The summed E-state index contributed by atoms with van der Waals surface area (Å²) in [5.41, 5.74) is 7.54. The minimum Gasteiger partial charge on any atom is -0.493 e. The molecule has 0 unspecified atom stereocenters.